The first-order valence-electron chi connectivity index (χ1n) is 9.04. The molecule has 0 aliphatic heterocycles. The van der Waals surface area contributed by atoms with Gasteiger partial charge in [-0.1, -0.05) is 0 Å². The first-order valence-corrected chi connectivity index (χ1v) is 9.67. The maximum Gasteiger partial charge on any atom is 0.327 e. The summed E-state index contributed by atoms with van der Waals surface area (Å²) in [6.07, 6.45) is -1.52. The van der Waals surface area contributed by atoms with Gasteiger partial charge in [0.1, 0.15) is 24.2 Å². The van der Waals surface area contributed by atoms with Gasteiger partial charge in [0.05, 0.1) is 6.61 Å². The minimum atomic E-state index is -1.47. The van der Waals surface area contributed by atoms with Crippen molar-refractivity contribution in [2.45, 2.75) is 49.9 Å². The smallest absolute Gasteiger partial charge is 0.327 e. The number of amides is 4. The zero-order chi connectivity index (χ0) is 24.1. The standard InChI is InChI=1S/C16H27N5O9S/c17-7(5-22)13(26)19-8(1-3-11(18)23)14(27)20-9(2-4-12(24)25)15(28)21-10(6-31)16(29)30/h7-10,22,31H,1-6,17H2,(H2,18,23)(H,19,26)(H,20,27)(H,21,28)(H,24,25)(H,29,30). The van der Waals surface area contributed by atoms with Crippen molar-refractivity contribution >= 4 is 48.2 Å². The van der Waals surface area contributed by atoms with E-state index in [1.807, 2.05) is 0 Å². The second kappa shape index (κ2) is 14.2. The van der Waals surface area contributed by atoms with E-state index >= 15 is 0 Å². The van der Waals surface area contributed by atoms with E-state index in [-0.39, 0.29) is 18.6 Å². The lowest BCUT2D eigenvalue weighted by Crippen LogP contribution is -2.57. The quantitative estimate of drug-likeness (QED) is 0.106. The fourth-order valence-corrected chi connectivity index (χ4v) is 2.43. The molecule has 14 nitrogen and oxygen atoms in total. The zero-order valence-corrected chi connectivity index (χ0v) is 17.3. The fraction of sp³-hybridized carbons (Fsp3) is 0.625. The Bertz CT molecular complexity index is 690. The predicted molar refractivity (Wildman–Crippen MR) is 108 cm³/mol. The number of aliphatic hydroxyl groups is 1. The lowest BCUT2D eigenvalue weighted by atomic mass is 10.1. The first kappa shape index (κ1) is 28.1. The number of carbonyl (C=O) groups excluding carboxylic acids is 4. The summed E-state index contributed by atoms with van der Waals surface area (Å²) in [5.74, 6) is -6.58. The Hall–Kier alpha value is -2.91. The minimum Gasteiger partial charge on any atom is -0.481 e. The maximum absolute atomic E-state index is 12.6. The van der Waals surface area contributed by atoms with Gasteiger partial charge < -0.3 is 42.7 Å². The second-order valence-corrected chi connectivity index (χ2v) is 6.80. The zero-order valence-electron chi connectivity index (χ0n) is 16.4. The third kappa shape index (κ3) is 11.2. The number of primary amides is 1. The van der Waals surface area contributed by atoms with Crippen LogP contribution in [-0.2, 0) is 28.8 Å². The summed E-state index contributed by atoms with van der Waals surface area (Å²) in [7, 11) is 0. The first-order chi connectivity index (χ1) is 14.4. The Kier molecular flexibility index (Phi) is 12.8. The van der Waals surface area contributed by atoms with E-state index in [1.54, 1.807) is 0 Å². The van der Waals surface area contributed by atoms with Crippen LogP contribution in [0.1, 0.15) is 25.7 Å². The molecule has 0 saturated heterocycles. The van der Waals surface area contributed by atoms with Gasteiger partial charge in [0.25, 0.3) is 0 Å². The SMILES string of the molecule is NC(=O)CCC(NC(=O)C(N)CO)C(=O)NC(CCC(=O)O)C(=O)NC(CS)C(=O)O. The van der Waals surface area contributed by atoms with Crippen LogP contribution in [0.15, 0.2) is 0 Å². The highest BCUT2D eigenvalue weighted by molar-refractivity contribution is 7.80. The summed E-state index contributed by atoms with van der Waals surface area (Å²) in [6.45, 7) is -0.722. The Morgan fingerprint density at radius 1 is 0.806 bits per heavy atom. The van der Waals surface area contributed by atoms with Crippen molar-refractivity contribution in [1.29, 1.82) is 0 Å². The van der Waals surface area contributed by atoms with Crippen molar-refractivity contribution in [1.82, 2.24) is 16.0 Å². The van der Waals surface area contributed by atoms with E-state index in [0.717, 1.165) is 0 Å². The number of carboxylic acids is 2. The molecule has 4 amide bonds. The topological polar surface area (TPSA) is 251 Å². The third-order valence-corrected chi connectivity index (χ3v) is 4.29. The van der Waals surface area contributed by atoms with Crippen molar-refractivity contribution in [2.75, 3.05) is 12.4 Å². The number of thiol groups is 1. The number of rotatable bonds is 15. The Labute approximate surface area is 182 Å². The van der Waals surface area contributed by atoms with Gasteiger partial charge >= 0.3 is 11.9 Å². The van der Waals surface area contributed by atoms with Crippen LogP contribution < -0.4 is 27.4 Å². The number of nitrogens with one attached hydrogen (secondary N) is 3. The van der Waals surface area contributed by atoms with Crippen LogP contribution in [0.2, 0.25) is 0 Å². The summed E-state index contributed by atoms with van der Waals surface area (Å²) >= 11 is 3.80. The largest absolute Gasteiger partial charge is 0.481 e. The van der Waals surface area contributed by atoms with Crippen LogP contribution >= 0.6 is 12.6 Å². The molecule has 10 N–H and O–H groups in total. The molecule has 15 heteroatoms. The minimum absolute atomic E-state index is 0.267. The van der Waals surface area contributed by atoms with Gasteiger partial charge in [-0.3, -0.25) is 24.0 Å². The van der Waals surface area contributed by atoms with Gasteiger partial charge in [-0.25, -0.2) is 4.79 Å². The number of hydrogen-bond acceptors (Lipinski definition) is 9. The number of carboxylic acid groups (broad SMARTS) is 2. The predicted octanol–water partition coefficient (Wildman–Crippen LogP) is -4.09. The van der Waals surface area contributed by atoms with E-state index < -0.39 is 79.2 Å². The Balaban J connectivity index is 5.48. The normalized spacial score (nSPS) is 14.4. The molecule has 176 valence electrons. The van der Waals surface area contributed by atoms with Crippen LogP contribution in [0.25, 0.3) is 0 Å². The molecular weight excluding hydrogens is 438 g/mol. The molecule has 0 aliphatic rings. The third-order valence-electron chi connectivity index (χ3n) is 3.92. The average molecular weight is 465 g/mol. The molecule has 0 radical (unpaired) electrons. The summed E-state index contributed by atoms with van der Waals surface area (Å²) in [5.41, 5.74) is 10.4. The highest BCUT2D eigenvalue weighted by Gasteiger charge is 2.30. The second-order valence-electron chi connectivity index (χ2n) is 6.43. The number of aliphatic carboxylic acids is 2. The molecule has 0 aromatic heterocycles. The molecule has 31 heavy (non-hydrogen) atoms. The molecule has 0 aliphatic carbocycles. The van der Waals surface area contributed by atoms with Crippen molar-refractivity contribution in [3.8, 4) is 0 Å². The van der Waals surface area contributed by atoms with Gasteiger partial charge in [0.15, 0.2) is 0 Å². The number of nitrogens with two attached hydrogens (primary N) is 2. The molecule has 0 bridgehead atoms. The van der Waals surface area contributed by atoms with E-state index in [1.165, 1.54) is 0 Å². The Morgan fingerprint density at radius 3 is 1.65 bits per heavy atom. The lowest BCUT2D eigenvalue weighted by molar-refractivity contribution is -0.142. The molecule has 0 spiro atoms. The highest BCUT2D eigenvalue weighted by Crippen LogP contribution is 2.04. The van der Waals surface area contributed by atoms with Crippen LogP contribution in [-0.4, -0.2) is 87.4 Å². The molecular formula is C16H27N5O9S. The van der Waals surface area contributed by atoms with E-state index in [2.05, 4.69) is 28.6 Å². The molecule has 0 aromatic rings. The van der Waals surface area contributed by atoms with Gasteiger partial charge in [-0.2, -0.15) is 12.6 Å². The van der Waals surface area contributed by atoms with Crippen LogP contribution in [0, 0.1) is 0 Å². The number of hydrogen-bond donors (Lipinski definition) is 9. The van der Waals surface area contributed by atoms with Crippen molar-refractivity contribution in [3.05, 3.63) is 0 Å². The van der Waals surface area contributed by atoms with Gasteiger partial charge in [0, 0.05) is 18.6 Å². The summed E-state index contributed by atoms with van der Waals surface area (Å²) in [5, 5.41) is 33.4. The molecule has 0 heterocycles. The van der Waals surface area contributed by atoms with E-state index in [4.69, 9.17) is 26.8 Å². The summed E-state index contributed by atoms with van der Waals surface area (Å²) < 4.78 is 0. The average Bonchev–Trinajstić information content (AvgIpc) is 2.70. The highest BCUT2D eigenvalue weighted by atomic mass is 32.1. The van der Waals surface area contributed by atoms with Crippen LogP contribution in [0.5, 0.6) is 0 Å². The van der Waals surface area contributed by atoms with Gasteiger partial charge in [-0.15, -0.1) is 0 Å². The molecule has 0 rings (SSSR count). The maximum atomic E-state index is 12.6. The van der Waals surface area contributed by atoms with Crippen molar-refractivity contribution in [3.63, 3.8) is 0 Å². The van der Waals surface area contributed by atoms with E-state index in [9.17, 15) is 28.8 Å². The van der Waals surface area contributed by atoms with Gasteiger partial charge in [0.2, 0.25) is 23.6 Å². The van der Waals surface area contributed by atoms with E-state index in [0.29, 0.717) is 0 Å². The summed E-state index contributed by atoms with van der Waals surface area (Å²) in [4.78, 5) is 69.9. The molecule has 0 fully saturated rings. The molecule has 0 aromatic carbocycles. The van der Waals surface area contributed by atoms with Crippen molar-refractivity contribution < 1.29 is 44.1 Å². The molecule has 0 saturated carbocycles. The fourth-order valence-electron chi connectivity index (χ4n) is 2.18. The van der Waals surface area contributed by atoms with Crippen molar-refractivity contribution in [2.24, 2.45) is 11.5 Å². The van der Waals surface area contributed by atoms with Crippen LogP contribution in [0.3, 0.4) is 0 Å². The number of aliphatic hydroxyl groups excluding tert-OH is 1. The van der Waals surface area contributed by atoms with Crippen LogP contribution in [0.4, 0.5) is 0 Å². The summed E-state index contributed by atoms with van der Waals surface area (Å²) in [6, 6.07) is -5.61. The van der Waals surface area contributed by atoms with Gasteiger partial charge in [-0.05, 0) is 12.8 Å². The number of carbonyl (C=O) groups is 6. The lowest BCUT2D eigenvalue weighted by Gasteiger charge is -2.24. The molecule has 4 atom stereocenters. The Morgan fingerprint density at radius 2 is 1.26 bits per heavy atom. The monoisotopic (exact) mass is 465 g/mol. The molecule has 4 unspecified atom stereocenters.